The molecule has 28 heavy (non-hydrogen) atoms. The van der Waals surface area contributed by atoms with E-state index in [-0.39, 0.29) is 24.2 Å². The van der Waals surface area contributed by atoms with Crippen molar-refractivity contribution in [1.82, 2.24) is 10.2 Å². The molecule has 0 bridgehead atoms. The van der Waals surface area contributed by atoms with Crippen molar-refractivity contribution in [2.75, 3.05) is 18.4 Å². The van der Waals surface area contributed by atoms with E-state index in [1.807, 2.05) is 31.2 Å². The second-order valence-corrected chi connectivity index (χ2v) is 6.68. The highest BCUT2D eigenvalue weighted by Crippen LogP contribution is 2.11. The van der Waals surface area contributed by atoms with E-state index in [1.54, 1.807) is 24.0 Å². The number of rotatable bonds is 9. The van der Waals surface area contributed by atoms with Crippen molar-refractivity contribution in [3.63, 3.8) is 0 Å². The molecule has 6 heteroatoms. The molecule has 0 aliphatic rings. The van der Waals surface area contributed by atoms with Crippen LogP contribution in [0.2, 0.25) is 0 Å². The van der Waals surface area contributed by atoms with Gasteiger partial charge in [-0.05, 0) is 55.3 Å². The Labute approximate surface area is 165 Å². The molecular weight excluding hydrogens is 357 g/mol. The lowest BCUT2D eigenvalue weighted by atomic mass is 10.1. The van der Waals surface area contributed by atoms with Crippen molar-refractivity contribution in [2.24, 2.45) is 0 Å². The third-order valence-electron chi connectivity index (χ3n) is 4.71. The number of benzene rings is 2. The molecule has 0 saturated carbocycles. The molecule has 0 spiro atoms. The summed E-state index contributed by atoms with van der Waals surface area (Å²) in [4.78, 5) is 26.6. The Hall–Kier alpha value is -2.73. The van der Waals surface area contributed by atoms with Gasteiger partial charge < -0.3 is 10.6 Å². The number of amides is 2. The van der Waals surface area contributed by atoms with Crippen LogP contribution in [-0.2, 0) is 22.6 Å². The van der Waals surface area contributed by atoms with Crippen LogP contribution in [0.5, 0.6) is 0 Å². The number of nitrogens with zero attached hydrogens (tertiary/aromatic N) is 1. The summed E-state index contributed by atoms with van der Waals surface area (Å²) in [5, 5.41) is 5.70. The van der Waals surface area contributed by atoms with E-state index in [2.05, 4.69) is 17.6 Å². The summed E-state index contributed by atoms with van der Waals surface area (Å²) in [5.74, 6) is -0.646. The van der Waals surface area contributed by atoms with Gasteiger partial charge in [0.15, 0.2) is 0 Å². The quantitative estimate of drug-likeness (QED) is 0.696. The van der Waals surface area contributed by atoms with E-state index in [9.17, 15) is 14.0 Å². The van der Waals surface area contributed by atoms with Crippen molar-refractivity contribution in [2.45, 2.75) is 39.8 Å². The van der Waals surface area contributed by atoms with E-state index >= 15 is 0 Å². The molecule has 2 N–H and O–H groups in total. The number of hydrogen-bond acceptors (Lipinski definition) is 3. The van der Waals surface area contributed by atoms with Crippen LogP contribution < -0.4 is 10.6 Å². The molecule has 2 rings (SSSR count). The molecule has 150 valence electrons. The highest BCUT2D eigenvalue weighted by molar-refractivity contribution is 5.95. The van der Waals surface area contributed by atoms with Crippen LogP contribution in [-0.4, -0.2) is 35.8 Å². The summed E-state index contributed by atoms with van der Waals surface area (Å²) in [7, 11) is 0. The van der Waals surface area contributed by atoms with Crippen LogP contribution >= 0.6 is 0 Å². The molecule has 1 atom stereocenters. The van der Waals surface area contributed by atoms with Crippen LogP contribution in [0.4, 0.5) is 10.1 Å². The Morgan fingerprint density at radius 2 is 1.61 bits per heavy atom. The fraction of sp³-hybridized carbons (Fsp3) is 0.364. The topological polar surface area (TPSA) is 61.4 Å². The number of anilines is 1. The summed E-state index contributed by atoms with van der Waals surface area (Å²) in [6.07, 6.45) is 0.946. The molecule has 0 saturated heterocycles. The van der Waals surface area contributed by atoms with Gasteiger partial charge in [0.05, 0.1) is 12.6 Å². The van der Waals surface area contributed by atoms with Crippen LogP contribution in [0.25, 0.3) is 0 Å². The average Bonchev–Trinajstić information content (AvgIpc) is 2.71. The number of aryl methyl sites for hydroxylation is 1. The number of hydrogen-bond donors (Lipinski definition) is 2. The van der Waals surface area contributed by atoms with E-state index < -0.39 is 6.04 Å². The van der Waals surface area contributed by atoms with Crippen molar-refractivity contribution < 1.29 is 14.0 Å². The number of halogens is 1. The zero-order valence-corrected chi connectivity index (χ0v) is 16.7. The van der Waals surface area contributed by atoms with E-state index in [0.29, 0.717) is 13.1 Å². The highest BCUT2D eigenvalue weighted by Gasteiger charge is 2.22. The largest absolute Gasteiger partial charge is 0.351 e. The molecule has 1 unspecified atom stereocenters. The first kappa shape index (κ1) is 21.6. The van der Waals surface area contributed by atoms with Gasteiger partial charge in [-0.2, -0.15) is 0 Å². The molecule has 2 amide bonds. The molecule has 0 aliphatic carbocycles. The maximum atomic E-state index is 12.9. The van der Waals surface area contributed by atoms with E-state index in [1.165, 1.54) is 17.7 Å². The summed E-state index contributed by atoms with van der Waals surface area (Å²) in [6, 6.07) is 13.3. The maximum Gasteiger partial charge on any atom is 0.241 e. The van der Waals surface area contributed by atoms with Gasteiger partial charge in [-0.3, -0.25) is 14.5 Å². The minimum absolute atomic E-state index is 0.112. The molecule has 0 aliphatic heterocycles. The van der Waals surface area contributed by atoms with Gasteiger partial charge >= 0.3 is 0 Å². The molecule has 5 nitrogen and oxygen atoms in total. The van der Waals surface area contributed by atoms with E-state index in [4.69, 9.17) is 0 Å². The molecule has 2 aromatic rings. The molecule has 0 fully saturated rings. The lowest BCUT2D eigenvalue weighted by molar-refractivity contribution is -0.125. The highest BCUT2D eigenvalue weighted by atomic mass is 19.1. The second-order valence-electron chi connectivity index (χ2n) is 6.68. The molecule has 2 aromatic carbocycles. The Bertz CT molecular complexity index is 775. The lowest BCUT2D eigenvalue weighted by Gasteiger charge is -2.26. The van der Waals surface area contributed by atoms with Gasteiger partial charge in [0.2, 0.25) is 11.8 Å². The number of carbonyl (C=O) groups excluding carboxylic acids is 2. The third kappa shape index (κ3) is 6.46. The Balaban J connectivity index is 1.86. The van der Waals surface area contributed by atoms with Crippen molar-refractivity contribution in [1.29, 1.82) is 0 Å². The summed E-state index contributed by atoms with van der Waals surface area (Å²) in [5.41, 5.74) is 2.77. The SMILES string of the molecule is CCc1ccc(NC(=O)C(C)N(CC)CC(=O)NCc2ccc(F)cc2)cc1. The Kier molecular flexibility index (Phi) is 8.14. The second kappa shape index (κ2) is 10.6. The normalized spacial score (nSPS) is 11.9. The minimum Gasteiger partial charge on any atom is -0.351 e. The summed E-state index contributed by atoms with van der Waals surface area (Å²) < 4.78 is 12.9. The Morgan fingerprint density at radius 1 is 1.00 bits per heavy atom. The van der Waals surface area contributed by atoms with Gasteiger partial charge in [0.25, 0.3) is 0 Å². The van der Waals surface area contributed by atoms with E-state index in [0.717, 1.165) is 17.7 Å². The first-order chi connectivity index (χ1) is 13.4. The van der Waals surface area contributed by atoms with Gasteiger partial charge in [-0.25, -0.2) is 4.39 Å². The minimum atomic E-state index is -0.451. The number of likely N-dealkylation sites (N-methyl/N-ethyl adjacent to an activating group) is 1. The van der Waals surface area contributed by atoms with Crippen LogP contribution in [0.1, 0.15) is 31.9 Å². The van der Waals surface area contributed by atoms with Crippen LogP contribution in [0, 0.1) is 5.82 Å². The van der Waals surface area contributed by atoms with Crippen molar-refractivity contribution in [3.05, 3.63) is 65.5 Å². The lowest BCUT2D eigenvalue weighted by Crippen LogP contribution is -2.46. The summed E-state index contributed by atoms with van der Waals surface area (Å²) >= 11 is 0. The van der Waals surface area contributed by atoms with Crippen molar-refractivity contribution in [3.8, 4) is 0 Å². The first-order valence-corrected chi connectivity index (χ1v) is 9.58. The molecule has 0 radical (unpaired) electrons. The fourth-order valence-electron chi connectivity index (χ4n) is 2.80. The molecule has 0 heterocycles. The average molecular weight is 385 g/mol. The number of nitrogens with one attached hydrogen (secondary N) is 2. The van der Waals surface area contributed by atoms with Crippen LogP contribution in [0.15, 0.2) is 48.5 Å². The predicted octanol–water partition coefficient (Wildman–Crippen LogP) is 3.35. The summed E-state index contributed by atoms with van der Waals surface area (Å²) in [6.45, 7) is 6.77. The molecule has 0 aromatic heterocycles. The van der Waals surface area contributed by atoms with Gasteiger partial charge in [0, 0.05) is 12.2 Å². The van der Waals surface area contributed by atoms with Crippen molar-refractivity contribution >= 4 is 17.5 Å². The number of carbonyl (C=O) groups is 2. The Morgan fingerprint density at radius 3 is 2.18 bits per heavy atom. The van der Waals surface area contributed by atoms with Gasteiger partial charge in [-0.15, -0.1) is 0 Å². The van der Waals surface area contributed by atoms with Crippen LogP contribution in [0.3, 0.4) is 0 Å². The predicted molar refractivity (Wildman–Crippen MR) is 109 cm³/mol. The van der Waals surface area contributed by atoms with Gasteiger partial charge in [0.1, 0.15) is 5.82 Å². The smallest absolute Gasteiger partial charge is 0.241 e. The standard InChI is InChI=1S/C22H28FN3O2/c1-4-17-8-12-20(13-9-17)25-22(28)16(3)26(5-2)15-21(27)24-14-18-6-10-19(23)11-7-18/h6-13,16H,4-5,14-15H2,1-3H3,(H,24,27)(H,25,28). The van der Waals surface area contributed by atoms with Gasteiger partial charge in [-0.1, -0.05) is 38.1 Å². The monoisotopic (exact) mass is 385 g/mol. The first-order valence-electron chi connectivity index (χ1n) is 9.58. The third-order valence-corrected chi connectivity index (χ3v) is 4.71. The maximum absolute atomic E-state index is 12.9. The molecular formula is C22H28FN3O2. The zero-order chi connectivity index (χ0) is 20.5. The zero-order valence-electron chi connectivity index (χ0n) is 16.7. The fourth-order valence-corrected chi connectivity index (χ4v) is 2.80.